The molecular weight excluding hydrogens is 905 g/mol. The Morgan fingerprint density at radius 2 is 1.46 bits per heavy atom. The number of carbonyl (C=O) groups is 1. The van der Waals surface area contributed by atoms with E-state index in [-0.39, 0.29) is 61.9 Å². The number of esters is 1. The van der Waals surface area contributed by atoms with Crippen molar-refractivity contribution in [2.45, 2.75) is 250 Å². The van der Waals surface area contributed by atoms with Gasteiger partial charge in [-0.25, -0.2) is 4.79 Å². The van der Waals surface area contributed by atoms with Gasteiger partial charge in [0.2, 0.25) is 0 Å². The lowest BCUT2D eigenvalue weighted by Gasteiger charge is -2.56. The molecule has 0 aliphatic carbocycles. The molecular formula is C54H94O16. The van der Waals surface area contributed by atoms with Crippen molar-refractivity contribution in [3.8, 4) is 0 Å². The van der Waals surface area contributed by atoms with E-state index in [9.17, 15) is 55.9 Å². The summed E-state index contributed by atoms with van der Waals surface area (Å²) < 4.78 is 32.4. The highest BCUT2D eigenvalue weighted by atomic mass is 16.7. The molecule has 0 saturated carbocycles. The molecule has 70 heavy (non-hydrogen) atoms. The molecule has 10 N–H and O–H groups in total. The second-order valence-corrected chi connectivity index (χ2v) is 22.1. The molecule has 4 aliphatic rings. The van der Waals surface area contributed by atoms with Gasteiger partial charge in [0, 0.05) is 48.5 Å². The minimum atomic E-state index is -2.33. The standard InChI is InChI=1S/C54H94O16/c1-12-26-53(65)51(63)31(5)17-15-14-16-18-38(28-32(6)55)20-22-41-34(8)49(36(10)54(69-41)27-25-30(4)48(70-54)33(7)39(56)13-2)67-42(58)23-19-29(3)44(59)35(9)45(60)50(46(61)47(62)52(53)64)68-43-24-21-40(57)37(11)66-43/h14-16,18-19,23,29-41,43-52,55-57,59-65H,12-13,17,20-22,24-28H2,1-11H3/b15-14+,18-16+,23-19+. The maximum absolute atomic E-state index is 13.9. The van der Waals surface area contributed by atoms with Gasteiger partial charge in [0.05, 0.1) is 54.9 Å². The number of rotatable bonds is 9. The van der Waals surface area contributed by atoms with E-state index < -0.39 is 127 Å². The second-order valence-electron chi connectivity index (χ2n) is 22.1. The Morgan fingerprint density at radius 3 is 2.09 bits per heavy atom. The largest absolute Gasteiger partial charge is 0.458 e. The molecule has 25 unspecified atom stereocenters. The lowest BCUT2D eigenvalue weighted by molar-refractivity contribution is -0.376. The van der Waals surface area contributed by atoms with Gasteiger partial charge < -0.3 is 74.7 Å². The Hall–Kier alpha value is -1.87. The van der Waals surface area contributed by atoms with Crippen molar-refractivity contribution in [1.82, 2.24) is 0 Å². The highest BCUT2D eigenvalue weighted by Gasteiger charge is 2.57. The van der Waals surface area contributed by atoms with Crippen LogP contribution in [-0.4, -0.2) is 160 Å². The molecule has 0 amide bonds. The average molecular weight is 999 g/mol. The third kappa shape index (κ3) is 14.9. The molecule has 16 nitrogen and oxygen atoms in total. The SMILES string of the molecule is CCCC1(O)C(O)C(C)C/C=C/C=C/C(CC(C)O)CCC2OC3(CCC(C)C(C(C)C(O)CC)O3)C(C)C(OC(=O)/C=C/C(C)C(O)C(C)C(O)C(OC3CCC(O)C(C)O3)C(O)C(O)C1O)C2C. The molecule has 0 aromatic heterocycles. The highest BCUT2D eigenvalue weighted by Crippen LogP contribution is 2.50. The Bertz CT molecular complexity index is 1660. The van der Waals surface area contributed by atoms with Crippen LogP contribution in [0.25, 0.3) is 0 Å². The first kappa shape index (κ1) is 60.7. The van der Waals surface area contributed by atoms with Crippen LogP contribution in [0, 0.1) is 47.3 Å². The lowest BCUT2D eigenvalue weighted by Crippen LogP contribution is -2.63. The van der Waals surface area contributed by atoms with E-state index in [4.69, 9.17) is 23.7 Å². The van der Waals surface area contributed by atoms with Gasteiger partial charge in [-0.05, 0) is 83.0 Å². The molecule has 0 radical (unpaired) electrons. The van der Waals surface area contributed by atoms with Gasteiger partial charge in [0.15, 0.2) is 12.1 Å². The summed E-state index contributed by atoms with van der Waals surface area (Å²) in [5, 5.41) is 115. The minimum absolute atomic E-state index is 0.0833. The van der Waals surface area contributed by atoms with Crippen molar-refractivity contribution in [2.24, 2.45) is 47.3 Å². The van der Waals surface area contributed by atoms with Gasteiger partial charge in [-0.1, -0.05) is 99.1 Å². The summed E-state index contributed by atoms with van der Waals surface area (Å²) in [5.74, 6) is -5.18. The molecule has 2 bridgehead atoms. The summed E-state index contributed by atoms with van der Waals surface area (Å²) in [5.41, 5.74) is -2.33. The predicted molar refractivity (Wildman–Crippen MR) is 263 cm³/mol. The third-order valence-electron chi connectivity index (χ3n) is 16.5. The quantitative estimate of drug-likeness (QED) is 0.142. The van der Waals surface area contributed by atoms with Crippen LogP contribution < -0.4 is 0 Å². The van der Waals surface area contributed by atoms with Gasteiger partial charge in [-0.3, -0.25) is 0 Å². The fraction of sp³-hybridized carbons (Fsp3) is 0.870. The fourth-order valence-electron chi connectivity index (χ4n) is 11.5. The summed E-state index contributed by atoms with van der Waals surface area (Å²) in [7, 11) is 0. The van der Waals surface area contributed by atoms with E-state index in [1.165, 1.54) is 19.1 Å². The van der Waals surface area contributed by atoms with Crippen LogP contribution in [0.4, 0.5) is 0 Å². The number of hydrogen-bond donors (Lipinski definition) is 10. The molecule has 4 heterocycles. The van der Waals surface area contributed by atoms with Crippen molar-refractivity contribution < 1.29 is 79.5 Å². The van der Waals surface area contributed by atoms with Crippen molar-refractivity contribution in [1.29, 1.82) is 0 Å². The first-order valence-electron chi connectivity index (χ1n) is 26.6. The molecule has 0 aromatic carbocycles. The van der Waals surface area contributed by atoms with Crippen LogP contribution >= 0.6 is 0 Å². The Balaban J connectivity index is 1.77. The van der Waals surface area contributed by atoms with Crippen LogP contribution in [0.15, 0.2) is 36.5 Å². The van der Waals surface area contributed by atoms with Crippen molar-refractivity contribution >= 4 is 5.97 Å². The van der Waals surface area contributed by atoms with Crippen molar-refractivity contribution in [3.05, 3.63) is 36.5 Å². The third-order valence-corrected chi connectivity index (χ3v) is 16.5. The smallest absolute Gasteiger partial charge is 0.330 e. The van der Waals surface area contributed by atoms with E-state index in [0.717, 1.165) is 6.42 Å². The van der Waals surface area contributed by atoms with Crippen molar-refractivity contribution in [3.63, 3.8) is 0 Å². The van der Waals surface area contributed by atoms with E-state index in [2.05, 4.69) is 6.92 Å². The van der Waals surface area contributed by atoms with Crippen LogP contribution in [0.5, 0.6) is 0 Å². The van der Waals surface area contributed by atoms with Gasteiger partial charge in [0.25, 0.3) is 0 Å². The zero-order valence-electron chi connectivity index (χ0n) is 43.9. The van der Waals surface area contributed by atoms with Crippen molar-refractivity contribution in [2.75, 3.05) is 0 Å². The molecule has 406 valence electrons. The number of aliphatic hydroxyl groups is 10. The lowest BCUT2D eigenvalue weighted by atomic mass is 9.73. The average Bonchev–Trinajstić information content (AvgIpc) is 3.33. The molecule has 4 rings (SSSR count). The molecule has 16 heteroatoms. The molecule has 3 saturated heterocycles. The molecule has 0 aromatic rings. The number of fused-ring (bicyclic) bond motifs is 2. The minimum Gasteiger partial charge on any atom is -0.458 e. The summed E-state index contributed by atoms with van der Waals surface area (Å²) in [6.07, 6.45) is -3.50. The van der Waals surface area contributed by atoms with Crippen LogP contribution in [-0.2, 0) is 28.5 Å². The summed E-state index contributed by atoms with van der Waals surface area (Å²) >= 11 is 0. The van der Waals surface area contributed by atoms with Gasteiger partial charge in [0.1, 0.15) is 36.1 Å². The summed E-state index contributed by atoms with van der Waals surface area (Å²) in [6.45, 7) is 20.0. The molecule has 1 spiro atoms. The highest BCUT2D eigenvalue weighted by molar-refractivity contribution is 5.82. The zero-order valence-corrected chi connectivity index (χ0v) is 43.9. The normalized spacial score (nSPS) is 47.4. The predicted octanol–water partition coefficient (Wildman–Crippen LogP) is 4.60. The van der Waals surface area contributed by atoms with Gasteiger partial charge >= 0.3 is 5.97 Å². The van der Waals surface area contributed by atoms with Gasteiger partial charge in [-0.15, -0.1) is 0 Å². The zero-order chi connectivity index (χ0) is 52.4. The molecule has 4 aliphatic heterocycles. The number of carbonyl (C=O) groups excluding carboxylic acids is 1. The monoisotopic (exact) mass is 999 g/mol. The summed E-state index contributed by atoms with van der Waals surface area (Å²) in [6, 6.07) is 0. The van der Waals surface area contributed by atoms with Crippen LogP contribution in [0.1, 0.15) is 147 Å². The van der Waals surface area contributed by atoms with Gasteiger partial charge in [-0.2, -0.15) is 0 Å². The maximum Gasteiger partial charge on any atom is 0.330 e. The first-order chi connectivity index (χ1) is 32.8. The van der Waals surface area contributed by atoms with Crippen LogP contribution in [0.3, 0.4) is 0 Å². The number of aliphatic hydroxyl groups excluding tert-OH is 9. The van der Waals surface area contributed by atoms with E-state index in [1.807, 2.05) is 52.0 Å². The topological polar surface area (TPSA) is 266 Å². The van der Waals surface area contributed by atoms with E-state index in [0.29, 0.717) is 32.1 Å². The second kappa shape index (κ2) is 27.1. The first-order valence-corrected chi connectivity index (χ1v) is 26.6. The Morgan fingerprint density at radius 1 is 0.771 bits per heavy atom. The maximum atomic E-state index is 13.9. The Labute approximate surface area is 418 Å². The molecule has 25 atom stereocenters. The summed E-state index contributed by atoms with van der Waals surface area (Å²) in [4.78, 5) is 13.9. The van der Waals surface area contributed by atoms with Crippen LogP contribution in [0.2, 0.25) is 0 Å². The Kier molecular flexibility index (Phi) is 23.5. The van der Waals surface area contributed by atoms with E-state index in [1.54, 1.807) is 34.6 Å². The fourth-order valence-corrected chi connectivity index (χ4v) is 11.5. The number of hydrogen-bond acceptors (Lipinski definition) is 16. The number of allylic oxidation sites excluding steroid dienone is 4. The number of ether oxygens (including phenoxy) is 5. The van der Waals surface area contributed by atoms with E-state index >= 15 is 0 Å². The molecule has 3 fully saturated rings.